The van der Waals surface area contributed by atoms with Crippen molar-refractivity contribution in [2.24, 2.45) is 0 Å². The van der Waals surface area contributed by atoms with Gasteiger partial charge in [0.2, 0.25) is 0 Å². The van der Waals surface area contributed by atoms with E-state index in [0.717, 1.165) is 18.2 Å². The van der Waals surface area contributed by atoms with Crippen molar-refractivity contribution in [3.63, 3.8) is 0 Å². The van der Waals surface area contributed by atoms with E-state index in [9.17, 15) is 18.0 Å². The lowest BCUT2D eigenvalue weighted by Gasteiger charge is -2.06. The third kappa shape index (κ3) is 5.24. The SMILES string of the molecule is COc1ccc(C(=C\C(=O)O)/C=C/c2ccc(C(F)(F)F)cc2)cc1. The number of halogens is 3. The first-order chi connectivity index (χ1) is 11.8. The number of aliphatic carboxylic acids is 1. The Bertz CT molecular complexity index is 786. The second-order valence-corrected chi connectivity index (χ2v) is 5.12. The van der Waals surface area contributed by atoms with Crippen LogP contribution in [0.3, 0.4) is 0 Å². The molecule has 0 bridgehead atoms. The quantitative estimate of drug-likeness (QED) is 0.618. The number of alkyl halides is 3. The van der Waals surface area contributed by atoms with Crippen molar-refractivity contribution in [2.45, 2.75) is 6.18 Å². The van der Waals surface area contributed by atoms with E-state index in [1.54, 1.807) is 36.4 Å². The van der Waals surface area contributed by atoms with E-state index in [-0.39, 0.29) is 0 Å². The molecule has 0 aliphatic carbocycles. The van der Waals surface area contributed by atoms with Crippen molar-refractivity contribution in [1.82, 2.24) is 0 Å². The number of rotatable bonds is 5. The van der Waals surface area contributed by atoms with Gasteiger partial charge in [0.1, 0.15) is 5.75 Å². The van der Waals surface area contributed by atoms with Crippen LogP contribution in [0.25, 0.3) is 11.6 Å². The molecule has 2 aromatic carbocycles. The maximum Gasteiger partial charge on any atom is 0.416 e. The third-order valence-corrected chi connectivity index (χ3v) is 3.40. The fourth-order valence-corrected chi connectivity index (χ4v) is 2.11. The van der Waals surface area contributed by atoms with Gasteiger partial charge in [0.15, 0.2) is 0 Å². The number of allylic oxidation sites excluding steroid dienone is 2. The first kappa shape index (κ1) is 18.3. The molecule has 0 unspecified atom stereocenters. The molecule has 25 heavy (non-hydrogen) atoms. The van der Waals surface area contributed by atoms with Crippen LogP contribution in [0, 0.1) is 0 Å². The van der Waals surface area contributed by atoms with Gasteiger partial charge < -0.3 is 9.84 Å². The number of carboxylic acid groups (broad SMARTS) is 1. The van der Waals surface area contributed by atoms with Crippen molar-refractivity contribution in [2.75, 3.05) is 7.11 Å². The van der Waals surface area contributed by atoms with Gasteiger partial charge in [0.25, 0.3) is 0 Å². The lowest BCUT2D eigenvalue weighted by atomic mass is 10.0. The van der Waals surface area contributed by atoms with Gasteiger partial charge in [-0.2, -0.15) is 13.2 Å². The zero-order chi connectivity index (χ0) is 18.4. The minimum Gasteiger partial charge on any atom is -0.497 e. The number of hydrogen-bond donors (Lipinski definition) is 1. The Morgan fingerprint density at radius 3 is 2.12 bits per heavy atom. The number of ether oxygens (including phenoxy) is 1. The zero-order valence-electron chi connectivity index (χ0n) is 13.2. The average Bonchev–Trinajstić information content (AvgIpc) is 2.58. The maximum atomic E-state index is 12.6. The number of hydrogen-bond acceptors (Lipinski definition) is 2. The molecule has 0 heterocycles. The number of methoxy groups -OCH3 is 1. The molecular formula is C19H15F3O3. The molecule has 0 amide bonds. The van der Waals surface area contributed by atoms with E-state index in [4.69, 9.17) is 9.84 Å². The molecule has 6 heteroatoms. The molecule has 0 aromatic heterocycles. The van der Waals surface area contributed by atoms with Crippen LogP contribution in [0.4, 0.5) is 13.2 Å². The van der Waals surface area contributed by atoms with Crippen LogP contribution in [0.15, 0.2) is 60.7 Å². The molecule has 0 aliphatic heterocycles. The summed E-state index contributed by atoms with van der Waals surface area (Å²) in [7, 11) is 1.52. The Kier molecular flexibility index (Phi) is 5.64. The summed E-state index contributed by atoms with van der Waals surface area (Å²) in [4.78, 5) is 11.0. The molecule has 1 N–H and O–H groups in total. The summed E-state index contributed by atoms with van der Waals surface area (Å²) in [5, 5.41) is 9.01. The molecule has 0 aliphatic rings. The van der Waals surface area contributed by atoms with Gasteiger partial charge >= 0.3 is 12.1 Å². The van der Waals surface area contributed by atoms with Gasteiger partial charge in [0.05, 0.1) is 12.7 Å². The normalized spacial score (nSPS) is 12.4. The van der Waals surface area contributed by atoms with Gasteiger partial charge in [-0.3, -0.25) is 0 Å². The molecule has 130 valence electrons. The van der Waals surface area contributed by atoms with Crippen LogP contribution < -0.4 is 4.74 Å². The number of carboxylic acids is 1. The predicted octanol–water partition coefficient (Wildman–Crippen LogP) is 4.90. The second-order valence-electron chi connectivity index (χ2n) is 5.12. The second kappa shape index (κ2) is 7.70. The van der Waals surface area contributed by atoms with E-state index >= 15 is 0 Å². The molecule has 3 nitrogen and oxygen atoms in total. The van der Waals surface area contributed by atoms with Gasteiger partial charge in [0, 0.05) is 6.08 Å². The Morgan fingerprint density at radius 2 is 1.64 bits per heavy atom. The monoisotopic (exact) mass is 348 g/mol. The summed E-state index contributed by atoms with van der Waals surface area (Å²) in [5.41, 5.74) is 0.848. The van der Waals surface area contributed by atoms with Gasteiger partial charge in [-0.25, -0.2) is 4.79 Å². The highest BCUT2D eigenvalue weighted by atomic mass is 19.4. The van der Waals surface area contributed by atoms with E-state index < -0.39 is 17.7 Å². The maximum absolute atomic E-state index is 12.6. The fraction of sp³-hybridized carbons (Fsp3) is 0.105. The summed E-state index contributed by atoms with van der Waals surface area (Å²) >= 11 is 0. The van der Waals surface area contributed by atoms with Gasteiger partial charge in [-0.05, 0) is 41.0 Å². The Balaban J connectivity index is 2.27. The third-order valence-electron chi connectivity index (χ3n) is 3.40. The van der Waals surface area contributed by atoms with Crippen LogP contribution in [-0.4, -0.2) is 18.2 Å². The van der Waals surface area contributed by atoms with E-state index in [1.807, 2.05) is 0 Å². The smallest absolute Gasteiger partial charge is 0.416 e. The Hall–Kier alpha value is -3.02. The van der Waals surface area contributed by atoms with E-state index in [2.05, 4.69) is 0 Å². The summed E-state index contributed by atoms with van der Waals surface area (Å²) in [6.45, 7) is 0. The summed E-state index contributed by atoms with van der Waals surface area (Å²) in [6, 6.07) is 11.4. The number of benzene rings is 2. The molecule has 0 fully saturated rings. The Morgan fingerprint density at radius 1 is 1.04 bits per heavy atom. The molecule has 0 saturated carbocycles. The van der Waals surface area contributed by atoms with Crippen LogP contribution >= 0.6 is 0 Å². The van der Waals surface area contributed by atoms with Crippen molar-refractivity contribution in [1.29, 1.82) is 0 Å². The highest BCUT2D eigenvalue weighted by molar-refractivity contribution is 5.94. The summed E-state index contributed by atoms with van der Waals surface area (Å²) < 4.78 is 42.7. The van der Waals surface area contributed by atoms with Gasteiger partial charge in [-0.1, -0.05) is 36.4 Å². The van der Waals surface area contributed by atoms with Crippen LogP contribution in [-0.2, 0) is 11.0 Å². The molecule has 2 aromatic rings. The lowest BCUT2D eigenvalue weighted by Crippen LogP contribution is -2.03. The highest BCUT2D eigenvalue weighted by Gasteiger charge is 2.29. The first-order valence-electron chi connectivity index (χ1n) is 7.24. The predicted molar refractivity (Wildman–Crippen MR) is 89.1 cm³/mol. The minimum atomic E-state index is -4.39. The molecule has 0 saturated heterocycles. The van der Waals surface area contributed by atoms with Crippen molar-refractivity contribution in [3.05, 3.63) is 77.4 Å². The largest absolute Gasteiger partial charge is 0.497 e. The lowest BCUT2D eigenvalue weighted by molar-refractivity contribution is -0.137. The average molecular weight is 348 g/mol. The van der Waals surface area contributed by atoms with E-state index in [0.29, 0.717) is 22.4 Å². The van der Waals surface area contributed by atoms with Gasteiger partial charge in [-0.15, -0.1) is 0 Å². The summed E-state index contributed by atoms with van der Waals surface area (Å²) in [5.74, 6) is -0.493. The summed E-state index contributed by atoms with van der Waals surface area (Å²) in [6.07, 6.45) is -0.264. The molecule has 0 atom stereocenters. The molecule has 0 spiro atoms. The van der Waals surface area contributed by atoms with Crippen LogP contribution in [0.5, 0.6) is 5.75 Å². The van der Waals surface area contributed by atoms with Crippen molar-refractivity contribution < 1.29 is 27.8 Å². The minimum absolute atomic E-state index is 0.412. The van der Waals surface area contributed by atoms with Crippen LogP contribution in [0.1, 0.15) is 16.7 Å². The zero-order valence-corrected chi connectivity index (χ0v) is 13.2. The van der Waals surface area contributed by atoms with Crippen LogP contribution in [0.2, 0.25) is 0 Å². The molecule has 2 rings (SSSR count). The first-order valence-corrected chi connectivity index (χ1v) is 7.24. The molecular weight excluding hydrogens is 333 g/mol. The standard InChI is InChI=1S/C19H15F3O3/c1-25-17-10-6-14(7-11-17)15(12-18(23)24)5-2-13-3-8-16(9-4-13)19(20,21)22/h2-12H,1H3,(H,23,24)/b5-2+,15-12-. The number of carbonyl (C=O) groups is 1. The van der Waals surface area contributed by atoms with E-state index in [1.165, 1.54) is 19.2 Å². The van der Waals surface area contributed by atoms with Crippen molar-refractivity contribution >= 4 is 17.6 Å². The topological polar surface area (TPSA) is 46.5 Å². The fourth-order valence-electron chi connectivity index (χ4n) is 2.11. The van der Waals surface area contributed by atoms with Crippen molar-refractivity contribution in [3.8, 4) is 5.75 Å². The highest BCUT2D eigenvalue weighted by Crippen LogP contribution is 2.29. The molecule has 0 radical (unpaired) electrons. The Labute approximate surface area is 142 Å².